The largest absolute Gasteiger partial charge is 0.427 e. The van der Waals surface area contributed by atoms with Crippen LogP contribution in [0.2, 0.25) is 12.6 Å². The average molecular weight is 200 g/mol. The van der Waals surface area contributed by atoms with E-state index >= 15 is 0 Å². The maximum absolute atomic E-state index is 10.9. The first kappa shape index (κ1) is 11.9. The highest BCUT2D eigenvalue weighted by atomic mass is 28.2. The molecule has 0 atom stereocenters. The zero-order valence-corrected chi connectivity index (χ0v) is 8.66. The van der Waals surface area contributed by atoms with Crippen LogP contribution in [0.1, 0.15) is 6.92 Å². The molecule has 0 saturated heterocycles. The molecule has 0 unspecified atom stereocenters. The number of hydrogen-bond acceptors (Lipinski definition) is 4. The van der Waals surface area contributed by atoms with Crippen LogP contribution in [0.3, 0.4) is 0 Å². The van der Waals surface area contributed by atoms with Crippen LogP contribution in [-0.4, -0.2) is 20.7 Å². The number of rotatable bonds is 5. The third-order valence-corrected chi connectivity index (χ3v) is 1.82. The van der Waals surface area contributed by atoms with E-state index in [9.17, 15) is 4.79 Å². The zero-order valence-electron chi connectivity index (χ0n) is 7.66. The van der Waals surface area contributed by atoms with Crippen molar-refractivity contribution >= 4 is 15.5 Å². The minimum absolute atomic E-state index is 0.232. The molecule has 0 fully saturated rings. The highest BCUT2D eigenvalue weighted by Crippen LogP contribution is 2.03. The Morgan fingerprint density at radius 3 is 2.69 bits per heavy atom. The second kappa shape index (κ2) is 6.44. The van der Waals surface area contributed by atoms with E-state index in [0.717, 1.165) is 6.26 Å². The number of allylic oxidation sites excluding steroid dienone is 1. The van der Waals surface area contributed by atoms with Crippen molar-refractivity contribution in [2.45, 2.75) is 19.5 Å². The molecule has 0 bridgehead atoms. The molecule has 0 aromatic carbocycles. The Morgan fingerprint density at radius 2 is 2.31 bits per heavy atom. The molecule has 1 N–H and O–H groups in total. The number of carbonyl (C=O) groups excluding carboxylic acids is 1. The summed E-state index contributed by atoms with van der Waals surface area (Å²) in [5, 5.41) is 8.33. The summed E-state index contributed by atoms with van der Waals surface area (Å²) in [6.45, 7) is 6.88. The summed E-state index contributed by atoms with van der Waals surface area (Å²) in [5.74, 6) is -0.301. The Kier molecular flexibility index (Phi) is 5.91. The highest BCUT2D eigenvalue weighted by molar-refractivity contribution is 6.34. The Morgan fingerprint density at radius 1 is 1.69 bits per heavy atom. The lowest BCUT2D eigenvalue weighted by Gasteiger charge is -2.01. The van der Waals surface area contributed by atoms with Gasteiger partial charge in [-0.1, -0.05) is 13.1 Å². The van der Waals surface area contributed by atoms with Crippen LogP contribution >= 0.6 is 0 Å². The van der Waals surface area contributed by atoms with E-state index in [-0.39, 0.29) is 5.76 Å². The van der Waals surface area contributed by atoms with Gasteiger partial charge in [0.1, 0.15) is 6.26 Å². The van der Waals surface area contributed by atoms with Gasteiger partial charge in [0.2, 0.25) is 0 Å². The van der Waals surface area contributed by atoms with Gasteiger partial charge < -0.3 is 9.62 Å². The van der Waals surface area contributed by atoms with Crippen molar-refractivity contribution in [3.63, 3.8) is 0 Å². The van der Waals surface area contributed by atoms with Crippen molar-refractivity contribution in [3.05, 3.63) is 24.2 Å². The molecular weight excluding hydrogens is 188 g/mol. The number of esters is 1. The van der Waals surface area contributed by atoms with Gasteiger partial charge in [-0.15, -0.1) is 0 Å². The normalized spacial score (nSPS) is 10.8. The molecule has 0 aromatic rings. The maximum atomic E-state index is 10.9. The van der Waals surface area contributed by atoms with E-state index in [1.807, 2.05) is 6.55 Å². The van der Waals surface area contributed by atoms with Crippen molar-refractivity contribution in [3.8, 4) is 0 Å². The molecule has 0 rings (SSSR count). The Balaban J connectivity index is 4.05. The number of ether oxygens (including phenoxy) is 1. The summed E-state index contributed by atoms with van der Waals surface area (Å²) in [5.41, 5.74) is 0.299. The van der Waals surface area contributed by atoms with E-state index < -0.39 is 5.97 Å². The van der Waals surface area contributed by atoms with Gasteiger partial charge in [-0.25, -0.2) is 10.1 Å². The molecule has 0 aromatic heterocycles. The third kappa shape index (κ3) is 5.21. The quantitative estimate of drug-likeness (QED) is 0.183. The van der Waals surface area contributed by atoms with E-state index in [2.05, 4.69) is 16.2 Å². The molecule has 0 heterocycles. The predicted octanol–water partition coefficient (Wildman–Crippen LogP) is 1.61. The fraction of sp³-hybridized carbons (Fsp3) is 0.375. The second-order valence-corrected chi connectivity index (χ2v) is 3.45. The topological polar surface area (TPSA) is 55.8 Å². The molecular formula is C8H12O4Si. The van der Waals surface area contributed by atoms with Crippen LogP contribution in [0, 0.1) is 0 Å². The Bertz CT molecular complexity index is 222. The summed E-state index contributed by atoms with van der Waals surface area (Å²) in [6, 6.07) is 0.542. The predicted molar refractivity (Wildman–Crippen MR) is 49.1 cm³/mol. The average Bonchev–Trinajstić information content (AvgIpc) is 2.11. The van der Waals surface area contributed by atoms with Crippen molar-refractivity contribution in [2.75, 3.05) is 0 Å². The molecule has 0 aliphatic heterocycles. The number of carbonyl (C=O) groups is 1. The van der Waals surface area contributed by atoms with Gasteiger partial charge in [0.05, 0.1) is 0 Å². The zero-order chi connectivity index (χ0) is 10.3. The van der Waals surface area contributed by atoms with Crippen LogP contribution in [0.5, 0.6) is 0 Å². The fourth-order valence-electron chi connectivity index (χ4n) is 0.490. The molecule has 13 heavy (non-hydrogen) atoms. The summed E-state index contributed by atoms with van der Waals surface area (Å²) in [6.07, 6.45) is 1.09. The van der Waals surface area contributed by atoms with Crippen LogP contribution in [0.15, 0.2) is 24.2 Å². The molecule has 0 spiro atoms. The first-order valence-electron chi connectivity index (χ1n) is 3.63. The van der Waals surface area contributed by atoms with Gasteiger partial charge in [-0.05, 0) is 6.92 Å². The molecule has 0 aliphatic rings. The van der Waals surface area contributed by atoms with Gasteiger partial charge in [-0.2, -0.15) is 0 Å². The monoisotopic (exact) mass is 200 g/mol. The van der Waals surface area contributed by atoms with Gasteiger partial charge in [0, 0.05) is 21.1 Å². The van der Waals surface area contributed by atoms with Gasteiger partial charge in [0.25, 0.3) is 0 Å². The standard InChI is InChI=1S/C8H12O4Si/c1-6(2)8(9)11-4-7(12-10)5-13-3/h4,10H,1,5H2,2-3H3/b7-4-. The van der Waals surface area contributed by atoms with Crippen molar-refractivity contribution < 1.29 is 19.7 Å². The maximum Gasteiger partial charge on any atom is 0.338 e. The van der Waals surface area contributed by atoms with Crippen molar-refractivity contribution in [1.82, 2.24) is 0 Å². The molecule has 5 heteroatoms. The molecule has 0 aliphatic carbocycles. The first-order chi connectivity index (χ1) is 6.11. The van der Waals surface area contributed by atoms with E-state index in [0.29, 0.717) is 21.1 Å². The Hall–Kier alpha value is -1.07. The van der Waals surface area contributed by atoms with Gasteiger partial charge in [-0.3, -0.25) is 0 Å². The van der Waals surface area contributed by atoms with Crippen LogP contribution in [0.4, 0.5) is 0 Å². The lowest BCUT2D eigenvalue weighted by atomic mass is 10.4. The summed E-state index contributed by atoms with van der Waals surface area (Å²) in [7, 11) is 0.576. The SMILES string of the molecule is C=C(C)C(=O)O/C=C(/C[Si]C)OO. The number of hydrogen-bond donors (Lipinski definition) is 1. The molecule has 0 saturated carbocycles. The lowest BCUT2D eigenvalue weighted by molar-refractivity contribution is -0.204. The third-order valence-electron chi connectivity index (χ3n) is 1.11. The van der Waals surface area contributed by atoms with Crippen LogP contribution in [0.25, 0.3) is 0 Å². The summed E-state index contributed by atoms with van der Waals surface area (Å²) >= 11 is 0. The van der Waals surface area contributed by atoms with Gasteiger partial charge in [0.15, 0.2) is 5.76 Å². The minimum atomic E-state index is -0.533. The Labute approximate surface area is 79.6 Å². The van der Waals surface area contributed by atoms with Crippen LogP contribution in [-0.2, 0) is 14.4 Å². The van der Waals surface area contributed by atoms with E-state index in [1.54, 1.807) is 0 Å². The first-order valence-corrected chi connectivity index (χ1v) is 5.34. The minimum Gasteiger partial charge on any atom is -0.427 e. The molecule has 72 valence electrons. The highest BCUT2D eigenvalue weighted by Gasteiger charge is 2.03. The molecule has 4 nitrogen and oxygen atoms in total. The lowest BCUT2D eigenvalue weighted by Crippen LogP contribution is -2.01. The smallest absolute Gasteiger partial charge is 0.338 e. The van der Waals surface area contributed by atoms with Crippen LogP contribution < -0.4 is 0 Å². The fourth-order valence-corrected chi connectivity index (χ4v) is 0.986. The summed E-state index contributed by atoms with van der Waals surface area (Å²) < 4.78 is 4.63. The van der Waals surface area contributed by atoms with E-state index in [4.69, 9.17) is 5.26 Å². The summed E-state index contributed by atoms with van der Waals surface area (Å²) in [4.78, 5) is 14.8. The second-order valence-electron chi connectivity index (χ2n) is 2.39. The molecule has 0 amide bonds. The van der Waals surface area contributed by atoms with E-state index in [1.165, 1.54) is 6.92 Å². The van der Waals surface area contributed by atoms with Crippen molar-refractivity contribution in [2.24, 2.45) is 0 Å². The molecule has 2 radical (unpaired) electrons. The van der Waals surface area contributed by atoms with Crippen molar-refractivity contribution in [1.29, 1.82) is 0 Å². The van der Waals surface area contributed by atoms with Gasteiger partial charge >= 0.3 is 5.97 Å².